The van der Waals surface area contributed by atoms with Gasteiger partial charge in [0.05, 0.1) is 0 Å². The van der Waals surface area contributed by atoms with Crippen molar-refractivity contribution in [2.24, 2.45) is 0 Å². The Balaban J connectivity index is 2.77. The fourth-order valence-electron chi connectivity index (χ4n) is 0.862. The first kappa shape index (κ1) is 9.96. The van der Waals surface area contributed by atoms with E-state index in [2.05, 4.69) is 25.8 Å². The summed E-state index contributed by atoms with van der Waals surface area (Å²) >= 11 is -0.727. The number of hydrogen-bond donors (Lipinski definition) is 0. The molecule has 12 heavy (non-hydrogen) atoms. The van der Waals surface area contributed by atoms with Gasteiger partial charge in [-0.3, -0.25) is 0 Å². The molecule has 1 rings (SSSR count). The normalized spacial score (nSPS) is 11.7. The third-order valence-corrected chi connectivity index (χ3v) is 4.88. The van der Waals surface area contributed by atoms with Gasteiger partial charge in [-0.25, -0.2) is 0 Å². The quantitative estimate of drug-likeness (QED) is 0.560. The summed E-state index contributed by atoms with van der Waals surface area (Å²) in [7, 11) is 0. The molecule has 0 aliphatic rings. The molecule has 0 amide bonds. The SMILES string of the molecule is C[C](C)(C)[Sn][c]1cccc(F)n1. The molecule has 0 saturated heterocycles. The summed E-state index contributed by atoms with van der Waals surface area (Å²) in [5, 5.41) is 0. The zero-order chi connectivity index (χ0) is 9.19. The van der Waals surface area contributed by atoms with Gasteiger partial charge in [-0.15, -0.1) is 0 Å². The summed E-state index contributed by atoms with van der Waals surface area (Å²) in [6, 6.07) is 5.07. The maximum atomic E-state index is 12.7. The molecular formula is C9H12FNSn. The van der Waals surface area contributed by atoms with Gasteiger partial charge in [0.25, 0.3) is 0 Å². The molecule has 0 unspecified atom stereocenters. The van der Waals surface area contributed by atoms with Gasteiger partial charge >= 0.3 is 82.6 Å². The van der Waals surface area contributed by atoms with E-state index < -0.39 is 21.1 Å². The van der Waals surface area contributed by atoms with Crippen molar-refractivity contribution < 1.29 is 4.39 Å². The maximum absolute atomic E-state index is 12.7. The van der Waals surface area contributed by atoms with Crippen LogP contribution in [0.5, 0.6) is 0 Å². The summed E-state index contributed by atoms with van der Waals surface area (Å²) in [6.45, 7) is 6.56. The molecule has 0 spiro atoms. The third kappa shape index (κ3) is 3.52. The predicted octanol–water partition coefficient (Wildman–Crippen LogP) is 1.77. The minimum atomic E-state index is -0.727. The average molecular weight is 272 g/mol. The number of nitrogens with zero attached hydrogens (tertiary/aromatic N) is 1. The predicted molar refractivity (Wildman–Crippen MR) is 49.3 cm³/mol. The fraction of sp³-hybridized carbons (Fsp3) is 0.444. The van der Waals surface area contributed by atoms with Crippen LogP contribution in [0, 0.1) is 5.95 Å². The van der Waals surface area contributed by atoms with E-state index in [1.807, 2.05) is 6.07 Å². The van der Waals surface area contributed by atoms with Crippen molar-refractivity contribution in [3.05, 3.63) is 24.1 Å². The van der Waals surface area contributed by atoms with Gasteiger partial charge in [0.1, 0.15) is 0 Å². The fourth-order valence-corrected chi connectivity index (χ4v) is 4.03. The molecule has 1 aromatic heterocycles. The summed E-state index contributed by atoms with van der Waals surface area (Å²) in [5.74, 6) is -0.349. The van der Waals surface area contributed by atoms with Gasteiger partial charge < -0.3 is 0 Å². The van der Waals surface area contributed by atoms with Crippen LogP contribution in [0.2, 0.25) is 3.43 Å². The van der Waals surface area contributed by atoms with Gasteiger partial charge in [0.15, 0.2) is 0 Å². The Morgan fingerprint density at radius 1 is 1.33 bits per heavy atom. The van der Waals surface area contributed by atoms with Crippen LogP contribution >= 0.6 is 0 Å². The second-order valence-corrected chi connectivity index (χ2v) is 10.2. The molecule has 64 valence electrons. The molecule has 0 atom stereocenters. The number of halogens is 1. The van der Waals surface area contributed by atoms with E-state index in [0.717, 1.165) is 3.71 Å². The second kappa shape index (κ2) is 3.73. The van der Waals surface area contributed by atoms with E-state index in [1.54, 1.807) is 6.07 Å². The standard InChI is InChI=1S/C5H3FN.C4H9.Sn/c6-5-3-1-2-4-7-5;1-4(2)3;/h1-3H;1-3H3;. The van der Waals surface area contributed by atoms with Gasteiger partial charge in [0.2, 0.25) is 0 Å². The molecular weight excluding hydrogens is 260 g/mol. The molecule has 0 aromatic carbocycles. The first-order valence-electron chi connectivity index (χ1n) is 3.88. The van der Waals surface area contributed by atoms with Crippen molar-refractivity contribution in [1.29, 1.82) is 0 Å². The molecule has 3 heteroatoms. The molecule has 0 fully saturated rings. The van der Waals surface area contributed by atoms with Crippen molar-refractivity contribution in [1.82, 2.24) is 4.98 Å². The summed E-state index contributed by atoms with van der Waals surface area (Å²) < 4.78 is 14.0. The molecule has 0 aliphatic heterocycles. The number of hydrogen-bond acceptors (Lipinski definition) is 1. The Labute approximate surface area is 82.6 Å². The van der Waals surface area contributed by atoms with E-state index in [4.69, 9.17) is 0 Å². The van der Waals surface area contributed by atoms with Gasteiger partial charge in [-0.2, -0.15) is 0 Å². The van der Waals surface area contributed by atoms with E-state index >= 15 is 0 Å². The van der Waals surface area contributed by atoms with E-state index in [0.29, 0.717) is 3.43 Å². The third-order valence-electron chi connectivity index (χ3n) is 1.22. The summed E-state index contributed by atoms with van der Waals surface area (Å²) in [4.78, 5) is 3.87. The first-order chi connectivity index (χ1) is 5.47. The number of pyridine rings is 1. The van der Waals surface area contributed by atoms with Crippen molar-refractivity contribution in [2.75, 3.05) is 0 Å². The van der Waals surface area contributed by atoms with Crippen LogP contribution in [0.4, 0.5) is 4.39 Å². The minimum absolute atomic E-state index is 0.337. The van der Waals surface area contributed by atoms with Crippen molar-refractivity contribution in [3.8, 4) is 0 Å². The first-order valence-corrected chi connectivity index (χ1v) is 6.73. The van der Waals surface area contributed by atoms with Crippen LogP contribution in [-0.2, 0) is 0 Å². The Hall–Kier alpha value is -0.121. The Kier molecular flexibility index (Phi) is 3.09. The van der Waals surface area contributed by atoms with Gasteiger partial charge in [-0.05, 0) is 0 Å². The van der Waals surface area contributed by atoms with Crippen LogP contribution in [0.15, 0.2) is 18.2 Å². The molecule has 1 aromatic rings. The van der Waals surface area contributed by atoms with E-state index in [9.17, 15) is 4.39 Å². The van der Waals surface area contributed by atoms with Gasteiger partial charge in [-0.1, -0.05) is 0 Å². The molecule has 1 heterocycles. The van der Waals surface area contributed by atoms with Crippen LogP contribution in [0.3, 0.4) is 0 Å². The Morgan fingerprint density at radius 3 is 2.50 bits per heavy atom. The van der Waals surface area contributed by atoms with Crippen molar-refractivity contribution in [3.63, 3.8) is 0 Å². The van der Waals surface area contributed by atoms with Crippen LogP contribution in [-0.4, -0.2) is 26.1 Å². The van der Waals surface area contributed by atoms with E-state index in [1.165, 1.54) is 6.07 Å². The second-order valence-electron chi connectivity index (χ2n) is 3.72. The molecule has 2 radical (unpaired) electrons. The zero-order valence-electron chi connectivity index (χ0n) is 7.56. The molecule has 1 nitrogen and oxygen atoms in total. The topological polar surface area (TPSA) is 12.9 Å². The Morgan fingerprint density at radius 2 is 2.00 bits per heavy atom. The number of aromatic nitrogens is 1. The monoisotopic (exact) mass is 273 g/mol. The molecule has 0 aliphatic carbocycles. The number of rotatable bonds is 1. The zero-order valence-corrected chi connectivity index (χ0v) is 10.4. The van der Waals surface area contributed by atoms with Crippen LogP contribution in [0.1, 0.15) is 20.8 Å². The van der Waals surface area contributed by atoms with Crippen LogP contribution < -0.4 is 3.71 Å². The van der Waals surface area contributed by atoms with Crippen molar-refractivity contribution in [2.45, 2.75) is 24.2 Å². The summed E-state index contributed by atoms with van der Waals surface area (Å²) in [6.07, 6.45) is 0. The Bertz CT molecular complexity index is 267. The summed E-state index contributed by atoms with van der Waals surface area (Å²) in [5.41, 5.74) is 0. The van der Waals surface area contributed by atoms with Crippen molar-refractivity contribution >= 4 is 24.9 Å². The average Bonchev–Trinajstić information content (AvgIpc) is 1.82. The van der Waals surface area contributed by atoms with E-state index in [-0.39, 0.29) is 5.95 Å². The van der Waals surface area contributed by atoms with Crippen LogP contribution in [0.25, 0.3) is 0 Å². The molecule has 0 N–H and O–H groups in total. The molecule has 0 bridgehead atoms. The molecule has 0 saturated carbocycles. The van der Waals surface area contributed by atoms with Gasteiger partial charge in [0, 0.05) is 0 Å².